The van der Waals surface area contributed by atoms with E-state index in [1.54, 1.807) is 4.90 Å². The number of hydrogen-bond acceptors (Lipinski definition) is 6. The van der Waals surface area contributed by atoms with Crippen molar-refractivity contribution in [3.05, 3.63) is 29.3 Å². The Labute approximate surface area is 199 Å². The van der Waals surface area contributed by atoms with E-state index in [1.165, 1.54) is 51.7 Å². The molecule has 8 nitrogen and oxygen atoms in total. The number of likely N-dealkylation sites (tertiary alicyclic amines) is 1. The van der Waals surface area contributed by atoms with Crippen molar-refractivity contribution < 1.29 is 28.7 Å². The molecule has 1 N–H and O–H groups in total. The molecule has 0 radical (unpaired) electrons. The molecule has 1 heterocycles. The van der Waals surface area contributed by atoms with Gasteiger partial charge in [0.2, 0.25) is 11.8 Å². The minimum absolute atomic E-state index is 0.133. The van der Waals surface area contributed by atoms with Gasteiger partial charge in [-0.05, 0) is 87.3 Å². The third-order valence-corrected chi connectivity index (χ3v) is 8.35. The number of nitrogens with one attached hydrogen (secondary N) is 1. The maximum absolute atomic E-state index is 13.9. The number of rotatable bonds is 5. The van der Waals surface area contributed by atoms with Gasteiger partial charge < -0.3 is 19.7 Å². The van der Waals surface area contributed by atoms with Crippen LogP contribution in [0.5, 0.6) is 0 Å². The van der Waals surface area contributed by atoms with Crippen LogP contribution in [0.2, 0.25) is 0 Å². The Balaban J connectivity index is 1.35. The highest BCUT2D eigenvalue weighted by Crippen LogP contribution is 2.60. The lowest BCUT2D eigenvalue weighted by molar-refractivity contribution is -0.160. The molecule has 182 valence electrons. The summed E-state index contributed by atoms with van der Waals surface area (Å²) in [4.78, 5) is 53.1. The Kier molecular flexibility index (Phi) is 5.86. The van der Waals surface area contributed by atoms with Gasteiger partial charge in [-0.1, -0.05) is 0 Å². The molecule has 5 fully saturated rings. The lowest BCUT2D eigenvalue weighted by atomic mass is 9.49. The van der Waals surface area contributed by atoms with Crippen LogP contribution in [-0.4, -0.2) is 55.5 Å². The molecule has 5 aliphatic rings. The summed E-state index contributed by atoms with van der Waals surface area (Å²) in [6, 6.07) is 3.75. The van der Waals surface area contributed by atoms with E-state index < -0.39 is 18.0 Å². The smallest absolute Gasteiger partial charge is 0.337 e. The maximum Gasteiger partial charge on any atom is 0.337 e. The van der Waals surface area contributed by atoms with Crippen molar-refractivity contribution in [1.82, 2.24) is 4.90 Å². The molecule has 0 aromatic heterocycles. The molecule has 4 bridgehead atoms. The molecule has 4 saturated carbocycles. The van der Waals surface area contributed by atoms with Crippen molar-refractivity contribution in [3.63, 3.8) is 0 Å². The number of benzene rings is 1. The first kappa shape index (κ1) is 22.9. The van der Waals surface area contributed by atoms with Gasteiger partial charge in [0.1, 0.15) is 6.04 Å². The lowest BCUT2D eigenvalue weighted by Gasteiger charge is -2.56. The van der Waals surface area contributed by atoms with Crippen molar-refractivity contribution in [2.75, 3.05) is 26.1 Å². The van der Waals surface area contributed by atoms with E-state index in [4.69, 9.17) is 9.47 Å². The van der Waals surface area contributed by atoms with Gasteiger partial charge in [-0.2, -0.15) is 0 Å². The molecule has 1 aliphatic heterocycles. The SMILES string of the molecule is COC(=O)c1cc(NC(=O)[C@H]2CCCN2C(=O)C23CC4CC(CC(C4)C2)C3)cc(C(=O)OC)c1. The molecule has 0 spiro atoms. The van der Waals surface area contributed by atoms with Crippen molar-refractivity contribution in [3.8, 4) is 0 Å². The molecule has 34 heavy (non-hydrogen) atoms. The summed E-state index contributed by atoms with van der Waals surface area (Å²) < 4.78 is 9.55. The first-order valence-electron chi connectivity index (χ1n) is 12.3. The zero-order valence-electron chi connectivity index (χ0n) is 19.8. The first-order valence-corrected chi connectivity index (χ1v) is 12.3. The summed E-state index contributed by atoms with van der Waals surface area (Å²) >= 11 is 0. The van der Waals surface area contributed by atoms with E-state index in [0.29, 0.717) is 36.4 Å². The summed E-state index contributed by atoms with van der Waals surface area (Å²) in [6.07, 6.45) is 8.06. The first-order chi connectivity index (χ1) is 16.3. The van der Waals surface area contributed by atoms with Gasteiger partial charge in [0.15, 0.2) is 0 Å². The summed E-state index contributed by atoms with van der Waals surface area (Å²) in [5.74, 6) is 0.575. The molecule has 1 saturated heterocycles. The van der Waals surface area contributed by atoms with Crippen molar-refractivity contribution in [2.24, 2.45) is 23.2 Å². The molecular weight excluding hydrogens is 436 g/mol. The summed E-state index contributed by atoms with van der Waals surface area (Å²) in [5, 5.41) is 2.83. The fraction of sp³-hybridized carbons (Fsp3) is 0.615. The minimum Gasteiger partial charge on any atom is -0.465 e. The zero-order chi connectivity index (χ0) is 24.0. The number of carbonyl (C=O) groups is 4. The zero-order valence-corrected chi connectivity index (χ0v) is 19.8. The molecule has 8 heteroatoms. The number of carbonyl (C=O) groups excluding carboxylic acids is 4. The number of nitrogens with zero attached hydrogens (tertiary/aromatic N) is 1. The Morgan fingerprint density at radius 1 is 0.882 bits per heavy atom. The average molecular weight is 469 g/mol. The molecule has 0 unspecified atom stereocenters. The number of hydrogen-bond donors (Lipinski definition) is 1. The van der Waals surface area contributed by atoms with Crippen LogP contribution >= 0.6 is 0 Å². The Hall–Kier alpha value is -2.90. The third-order valence-electron chi connectivity index (χ3n) is 8.35. The number of esters is 2. The maximum atomic E-state index is 13.9. The average Bonchev–Trinajstić information content (AvgIpc) is 3.31. The molecule has 4 aliphatic carbocycles. The fourth-order valence-corrected chi connectivity index (χ4v) is 7.36. The highest BCUT2D eigenvalue weighted by Gasteiger charge is 2.56. The van der Waals surface area contributed by atoms with Crippen LogP contribution in [-0.2, 0) is 19.1 Å². The van der Waals surface area contributed by atoms with Crippen LogP contribution in [0.3, 0.4) is 0 Å². The standard InChI is InChI=1S/C26H32N2O6/c1-33-23(30)18-9-19(24(31)34-2)11-20(10-18)27-22(29)21-4-3-5-28(21)25(32)26-12-15-6-16(13-26)8-17(7-15)14-26/h9-11,15-17,21H,3-8,12-14H2,1-2H3,(H,27,29)/t15?,16?,17?,21-,26?/m1/s1. The number of methoxy groups -OCH3 is 2. The summed E-state index contributed by atoms with van der Waals surface area (Å²) in [5.41, 5.74) is 0.269. The van der Waals surface area contributed by atoms with Gasteiger partial charge in [-0.15, -0.1) is 0 Å². The van der Waals surface area contributed by atoms with Gasteiger partial charge >= 0.3 is 11.9 Å². The highest BCUT2D eigenvalue weighted by molar-refractivity contribution is 6.02. The molecule has 6 rings (SSSR count). The van der Waals surface area contributed by atoms with Crippen LogP contribution in [0.4, 0.5) is 5.69 Å². The number of ether oxygens (including phenoxy) is 2. The fourth-order valence-electron chi connectivity index (χ4n) is 7.36. The normalized spacial score (nSPS) is 31.3. The van der Waals surface area contributed by atoms with Crippen LogP contribution in [0.15, 0.2) is 18.2 Å². The predicted molar refractivity (Wildman–Crippen MR) is 123 cm³/mol. The Morgan fingerprint density at radius 3 is 1.91 bits per heavy atom. The molecule has 1 atom stereocenters. The predicted octanol–water partition coefficient (Wildman–Crippen LogP) is 3.41. The number of anilines is 1. The van der Waals surface area contributed by atoms with Gasteiger partial charge in [-0.3, -0.25) is 9.59 Å². The summed E-state index contributed by atoms with van der Waals surface area (Å²) in [7, 11) is 2.50. The molecule has 1 aromatic rings. The van der Waals surface area contributed by atoms with E-state index in [9.17, 15) is 19.2 Å². The van der Waals surface area contributed by atoms with Crippen LogP contribution in [0.1, 0.15) is 72.1 Å². The number of amides is 2. The van der Waals surface area contributed by atoms with E-state index >= 15 is 0 Å². The van der Waals surface area contributed by atoms with E-state index in [1.807, 2.05) is 0 Å². The second-order valence-electron chi connectivity index (χ2n) is 10.6. The van der Waals surface area contributed by atoms with Crippen LogP contribution in [0.25, 0.3) is 0 Å². The van der Waals surface area contributed by atoms with E-state index in [0.717, 1.165) is 25.7 Å². The summed E-state index contributed by atoms with van der Waals surface area (Å²) in [6.45, 7) is 0.592. The van der Waals surface area contributed by atoms with Gasteiger partial charge in [0, 0.05) is 12.2 Å². The monoisotopic (exact) mass is 468 g/mol. The van der Waals surface area contributed by atoms with Gasteiger partial charge in [0.25, 0.3) is 0 Å². The van der Waals surface area contributed by atoms with Crippen LogP contribution in [0, 0.1) is 23.2 Å². The molecular formula is C26H32N2O6. The highest BCUT2D eigenvalue weighted by atomic mass is 16.5. The Morgan fingerprint density at radius 2 is 1.41 bits per heavy atom. The minimum atomic E-state index is -0.624. The lowest BCUT2D eigenvalue weighted by Crippen LogP contribution is -2.56. The van der Waals surface area contributed by atoms with Crippen LogP contribution < -0.4 is 5.32 Å². The molecule has 1 aromatic carbocycles. The second kappa shape index (κ2) is 8.71. The Bertz CT molecular complexity index is 965. The quantitative estimate of drug-likeness (QED) is 0.665. The van der Waals surface area contributed by atoms with E-state index in [-0.39, 0.29) is 28.4 Å². The van der Waals surface area contributed by atoms with Crippen molar-refractivity contribution in [2.45, 2.75) is 57.4 Å². The largest absolute Gasteiger partial charge is 0.465 e. The third kappa shape index (κ3) is 3.97. The topological polar surface area (TPSA) is 102 Å². The van der Waals surface area contributed by atoms with Gasteiger partial charge in [-0.25, -0.2) is 9.59 Å². The second-order valence-corrected chi connectivity index (χ2v) is 10.6. The van der Waals surface area contributed by atoms with Crippen molar-refractivity contribution >= 4 is 29.4 Å². The van der Waals surface area contributed by atoms with Crippen molar-refractivity contribution in [1.29, 1.82) is 0 Å². The molecule has 2 amide bonds. The van der Waals surface area contributed by atoms with E-state index in [2.05, 4.69) is 5.32 Å². The van der Waals surface area contributed by atoms with Gasteiger partial charge in [0.05, 0.1) is 30.8 Å².